The molecule has 2 aliphatic heterocycles. The first-order valence-electron chi connectivity index (χ1n) is 8.62. The molecule has 2 heterocycles. The molecule has 0 saturated carbocycles. The van der Waals surface area contributed by atoms with Crippen LogP contribution in [0.3, 0.4) is 0 Å². The number of aliphatic carboxylic acids is 1. The van der Waals surface area contributed by atoms with Crippen molar-refractivity contribution in [2.45, 2.75) is 31.8 Å². The van der Waals surface area contributed by atoms with Gasteiger partial charge in [0, 0.05) is 26.6 Å². The van der Waals surface area contributed by atoms with E-state index < -0.39 is 41.1 Å². The summed E-state index contributed by atoms with van der Waals surface area (Å²) in [6, 6.07) is 1.65. The van der Waals surface area contributed by atoms with Gasteiger partial charge in [-0.3, -0.25) is 9.59 Å². The standard InChI is InChI=1S/C18H21F2N3O4/c1-18(16(25)26)5-6-23(9-18)17(27)21-13-8-14(24)22(2)15(13)10-3-4-11(19)12(20)7-10/h3-4,7,13,15H,5-6,8-9H2,1-2H3,(H,21,27)(H,25,26). The lowest BCUT2D eigenvalue weighted by atomic mass is 9.90. The molecular weight excluding hydrogens is 360 g/mol. The highest BCUT2D eigenvalue weighted by molar-refractivity contribution is 5.83. The van der Waals surface area contributed by atoms with Gasteiger partial charge < -0.3 is 20.2 Å². The zero-order valence-corrected chi connectivity index (χ0v) is 15.0. The number of benzene rings is 1. The minimum Gasteiger partial charge on any atom is -0.481 e. The van der Waals surface area contributed by atoms with Crippen LogP contribution < -0.4 is 5.32 Å². The van der Waals surface area contributed by atoms with Crippen LogP contribution in [0.2, 0.25) is 0 Å². The van der Waals surface area contributed by atoms with Crippen LogP contribution in [0.5, 0.6) is 0 Å². The summed E-state index contributed by atoms with van der Waals surface area (Å²) >= 11 is 0. The van der Waals surface area contributed by atoms with Crippen LogP contribution >= 0.6 is 0 Å². The van der Waals surface area contributed by atoms with Gasteiger partial charge in [0.25, 0.3) is 0 Å². The van der Waals surface area contributed by atoms with Crippen molar-refractivity contribution >= 4 is 17.9 Å². The van der Waals surface area contributed by atoms with Crippen molar-refractivity contribution in [1.82, 2.24) is 15.1 Å². The molecule has 2 aliphatic rings. The van der Waals surface area contributed by atoms with E-state index in [-0.39, 0.29) is 18.9 Å². The van der Waals surface area contributed by atoms with E-state index in [1.54, 1.807) is 6.92 Å². The van der Waals surface area contributed by atoms with E-state index >= 15 is 0 Å². The Bertz CT molecular complexity index is 803. The normalized spacial score (nSPS) is 27.9. The van der Waals surface area contributed by atoms with E-state index in [1.807, 2.05) is 0 Å². The van der Waals surface area contributed by atoms with E-state index in [1.165, 1.54) is 22.9 Å². The highest BCUT2D eigenvalue weighted by Crippen LogP contribution is 2.34. The van der Waals surface area contributed by atoms with E-state index in [0.717, 1.165) is 12.1 Å². The monoisotopic (exact) mass is 381 g/mol. The molecule has 3 unspecified atom stereocenters. The third-order valence-electron chi connectivity index (χ3n) is 5.46. The number of carbonyl (C=O) groups is 3. The number of rotatable bonds is 3. The molecule has 7 nitrogen and oxygen atoms in total. The van der Waals surface area contributed by atoms with Gasteiger partial charge in [0.2, 0.25) is 5.91 Å². The molecule has 9 heteroatoms. The largest absolute Gasteiger partial charge is 0.481 e. The van der Waals surface area contributed by atoms with Crippen LogP contribution in [0.25, 0.3) is 0 Å². The Morgan fingerprint density at radius 2 is 2.00 bits per heavy atom. The van der Waals surface area contributed by atoms with E-state index in [0.29, 0.717) is 18.5 Å². The van der Waals surface area contributed by atoms with Crippen molar-refractivity contribution in [3.8, 4) is 0 Å². The predicted octanol–water partition coefficient (Wildman–Crippen LogP) is 1.74. The van der Waals surface area contributed by atoms with Gasteiger partial charge in [-0.1, -0.05) is 6.07 Å². The zero-order chi connectivity index (χ0) is 19.9. The van der Waals surface area contributed by atoms with Crippen LogP contribution in [0, 0.1) is 17.0 Å². The van der Waals surface area contributed by atoms with Crippen LogP contribution in [0.1, 0.15) is 31.4 Å². The molecule has 0 aromatic heterocycles. The number of hydrogen-bond acceptors (Lipinski definition) is 3. The maximum Gasteiger partial charge on any atom is 0.317 e. The molecule has 0 radical (unpaired) electrons. The molecule has 3 atom stereocenters. The van der Waals surface area contributed by atoms with Gasteiger partial charge in [-0.2, -0.15) is 0 Å². The number of likely N-dealkylation sites (tertiary alicyclic amines) is 2. The van der Waals surface area contributed by atoms with Gasteiger partial charge in [0.1, 0.15) is 0 Å². The minimum atomic E-state index is -1.03. The molecule has 27 heavy (non-hydrogen) atoms. The topological polar surface area (TPSA) is 90.0 Å². The third-order valence-corrected chi connectivity index (χ3v) is 5.46. The van der Waals surface area contributed by atoms with Crippen molar-refractivity contribution in [2.75, 3.05) is 20.1 Å². The Kier molecular flexibility index (Phi) is 4.79. The first kappa shape index (κ1) is 19.1. The van der Waals surface area contributed by atoms with E-state index in [9.17, 15) is 28.3 Å². The summed E-state index contributed by atoms with van der Waals surface area (Å²) < 4.78 is 26.9. The lowest BCUT2D eigenvalue weighted by Gasteiger charge is -2.28. The summed E-state index contributed by atoms with van der Waals surface area (Å²) in [5.74, 6) is -3.21. The fourth-order valence-corrected chi connectivity index (χ4v) is 3.71. The molecule has 0 aliphatic carbocycles. The summed E-state index contributed by atoms with van der Waals surface area (Å²) in [7, 11) is 1.54. The van der Waals surface area contributed by atoms with Crippen LogP contribution in [-0.4, -0.2) is 59.0 Å². The van der Waals surface area contributed by atoms with Gasteiger partial charge in [0.05, 0.1) is 17.5 Å². The summed E-state index contributed by atoms with van der Waals surface area (Å²) in [4.78, 5) is 38.8. The number of hydrogen-bond donors (Lipinski definition) is 2. The number of carboxylic acid groups (broad SMARTS) is 1. The molecule has 2 saturated heterocycles. The number of nitrogens with one attached hydrogen (secondary N) is 1. The molecular formula is C18H21F2N3O4. The fourth-order valence-electron chi connectivity index (χ4n) is 3.71. The minimum absolute atomic E-state index is 0.0238. The van der Waals surface area contributed by atoms with Crippen molar-refractivity contribution in [3.05, 3.63) is 35.4 Å². The second kappa shape index (κ2) is 6.79. The summed E-state index contributed by atoms with van der Waals surface area (Å²) in [6.07, 6.45) is 0.363. The number of carboxylic acids is 1. The average Bonchev–Trinajstić information content (AvgIpc) is 3.13. The van der Waals surface area contributed by atoms with Gasteiger partial charge >= 0.3 is 12.0 Å². The van der Waals surface area contributed by atoms with Gasteiger partial charge in [-0.05, 0) is 31.0 Å². The number of halogens is 2. The van der Waals surface area contributed by atoms with Crippen LogP contribution in [-0.2, 0) is 9.59 Å². The fraction of sp³-hybridized carbons (Fsp3) is 0.500. The van der Waals surface area contributed by atoms with Gasteiger partial charge in [0.15, 0.2) is 11.6 Å². The summed E-state index contributed by atoms with van der Waals surface area (Å²) in [5.41, 5.74) is -0.622. The number of carbonyl (C=O) groups excluding carboxylic acids is 2. The van der Waals surface area contributed by atoms with Crippen molar-refractivity contribution in [3.63, 3.8) is 0 Å². The second-order valence-electron chi connectivity index (χ2n) is 7.42. The van der Waals surface area contributed by atoms with Crippen molar-refractivity contribution < 1.29 is 28.3 Å². The van der Waals surface area contributed by atoms with E-state index in [2.05, 4.69) is 5.32 Å². The lowest BCUT2D eigenvalue weighted by molar-refractivity contribution is -0.147. The molecule has 1 aromatic rings. The Labute approximate surface area is 154 Å². The first-order valence-corrected chi connectivity index (χ1v) is 8.62. The number of likely N-dealkylation sites (N-methyl/N-ethyl adjacent to an activating group) is 1. The van der Waals surface area contributed by atoms with E-state index in [4.69, 9.17) is 0 Å². The quantitative estimate of drug-likeness (QED) is 0.835. The second-order valence-corrected chi connectivity index (χ2v) is 7.42. The predicted molar refractivity (Wildman–Crippen MR) is 90.7 cm³/mol. The Balaban J connectivity index is 1.76. The molecule has 0 bridgehead atoms. The SMILES string of the molecule is CN1C(=O)CC(NC(=O)N2CCC(C)(C(=O)O)C2)C1c1ccc(F)c(F)c1. The van der Waals surface area contributed by atoms with Crippen LogP contribution in [0.4, 0.5) is 13.6 Å². The molecule has 0 spiro atoms. The molecule has 2 fully saturated rings. The highest BCUT2D eigenvalue weighted by Gasteiger charge is 2.44. The molecule has 3 rings (SSSR count). The van der Waals surface area contributed by atoms with Gasteiger partial charge in [-0.15, -0.1) is 0 Å². The smallest absolute Gasteiger partial charge is 0.317 e. The number of nitrogens with zero attached hydrogens (tertiary/aromatic N) is 2. The lowest BCUT2D eigenvalue weighted by Crippen LogP contribution is -2.46. The molecule has 1 aromatic carbocycles. The van der Waals surface area contributed by atoms with Crippen molar-refractivity contribution in [1.29, 1.82) is 0 Å². The molecule has 3 amide bonds. The molecule has 2 N–H and O–H groups in total. The Morgan fingerprint density at radius 1 is 1.30 bits per heavy atom. The first-order chi connectivity index (χ1) is 12.6. The maximum atomic E-state index is 13.6. The maximum absolute atomic E-state index is 13.6. The van der Waals surface area contributed by atoms with Gasteiger partial charge in [-0.25, -0.2) is 13.6 Å². The Hall–Kier alpha value is -2.71. The number of amides is 3. The average molecular weight is 381 g/mol. The Morgan fingerprint density at radius 3 is 2.59 bits per heavy atom. The van der Waals surface area contributed by atoms with Crippen LogP contribution in [0.15, 0.2) is 18.2 Å². The molecule has 146 valence electrons. The summed E-state index contributed by atoms with van der Waals surface area (Å²) in [6.45, 7) is 1.95. The summed E-state index contributed by atoms with van der Waals surface area (Å²) in [5, 5.41) is 12.0. The van der Waals surface area contributed by atoms with Crippen molar-refractivity contribution in [2.24, 2.45) is 5.41 Å². The number of urea groups is 1. The third kappa shape index (κ3) is 3.45. The highest BCUT2D eigenvalue weighted by atomic mass is 19.2. The zero-order valence-electron chi connectivity index (χ0n) is 15.0.